The molecule has 0 aliphatic heterocycles. The van der Waals surface area contributed by atoms with Crippen molar-refractivity contribution in [3.8, 4) is 11.5 Å². The van der Waals surface area contributed by atoms with Crippen LogP contribution in [0.3, 0.4) is 0 Å². The normalized spacial score (nSPS) is 13.3. The van der Waals surface area contributed by atoms with Gasteiger partial charge in [-0.3, -0.25) is 0 Å². The Labute approximate surface area is 201 Å². The van der Waals surface area contributed by atoms with Gasteiger partial charge in [0.25, 0.3) is 0 Å². The molecule has 0 aliphatic rings. The van der Waals surface area contributed by atoms with E-state index >= 15 is 0 Å². The summed E-state index contributed by atoms with van der Waals surface area (Å²) in [6, 6.07) is 16.0. The lowest BCUT2D eigenvalue weighted by Crippen LogP contribution is -2.33. The van der Waals surface area contributed by atoms with Gasteiger partial charge in [0.05, 0.1) is 24.8 Å². The van der Waals surface area contributed by atoms with Crippen LogP contribution in [0.2, 0.25) is 0 Å². The van der Waals surface area contributed by atoms with Crippen molar-refractivity contribution in [2.75, 3.05) is 32.2 Å². The summed E-state index contributed by atoms with van der Waals surface area (Å²) in [5, 5.41) is 20.1. The number of halogens is 1. The smallest absolute Gasteiger partial charge is 0.119 e. The molecule has 0 radical (unpaired) electrons. The second-order valence-electron chi connectivity index (χ2n) is 8.46. The van der Waals surface area contributed by atoms with Crippen molar-refractivity contribution in [1.82, 2.24) is 5.01 Å². The van der Waals surface area contributed by atoms with E-state index in [1.807, 2.05) is 36.4 Å². The number of benzene rings is 2. The van der Waals surface area contributed by atoms with Gasteiger partial charge in [0.1, 0.15) is 24.2 Å². The van der Waals surface area contributed by atoms with Crippen LogP contribution in [0.1, 0.15) is 38.3 Å². The molecule has 0 saturated carbocycles. The maximum absolute atomic E-state index is 9.53. The van der Waals surface area contributed by atoms with Gasteiger partial charge in [-0.2, -0.15) is 0 Å². The predicted octanol–water partition coefficient (Wildman–Crippen LogP) is 3.12. The van der Waals surface area contributed by atoms with Crippen molar-refractivity contribution in [3.05, 3.63) is 71.1 Å². The summed E-state index contributed by atoms with van der Waals surface area (Å²) in [6.07, 6.45) is 0.0413. The first-order valence-electron chi connectivity index (χ1n) is 11.0. The van der Waals surface area contributed by atoms with Crippen molar-refractivity contribution < 1.29 is 19.7 Å². The molecule has 0 aromatic heterocycles. The van der Waals surface area contributed by atoms with Crippen LogP contribution in [0.15, 0.2) is 59.9 Å². The van der Waals surface area contributed by atoms with Crippen LogP contribution in [0.5, 0.6) is 11.5 Å². The first-order chi connectivity index (χ1) is 15.7. The topological polar surface area (TPSA) is 114 Å². The Kier molecular flexibility index (Phi) is 10.3. The van der Waals surface area contributed by atoms with Gasteiger partial charge in [-0.1, -0.05) is 38.1 Å². The summed E-state index contributed by atoms with van der Waals surface area (Å²) in [5.74, 6) is 7.58. The number of aliphatic hydroxyl groups excluding tert-OH is 2. The fourth-order valence-corrected chi connectivity index (χ4v) is 3.32. The predicted molar refractivity (Wildman–Crippen MR) is 132 cm³/mol. The number of rotatable bonds is 13. The van der Waals surface area contributed by atoms with E-state index in [1.54, 1.807) is 6.92 Å². The highest BCUT2D eigenvalue weighted by Gasteiger charge is 2.23. The zero-order valence-corrected chi connectivity index (χ0v) is 20.4. The monoisotopic (exact) mass is 477 g/mol. The minimum absolute atomic E-state index is 0.146. The highest BCUT2D eigenvalue weighted by Crippen LogP contribution is 2.33. The number of ether oxygens (including phenoxy) is 2. The zero-order chi connectivity index (χ0) is 24.4. The summed E-state index contributed by atoms with van der Waals surface area (Å²) in [5.41, 5.74) is 8.83. The molecule has 6 N–H and O–H groups in total. The average molecular weight is 478 g/mol. The molecule has 182 valence electrons. The van der Waals surface area contributed by atoms with E-state index in [9.17, 15) is 5.11 Å². The molecule has 1 unspecified atom stereocenters. The highest BCUT2D eigenvalue weighted by molar-refractivity contribution is 6.18. The minimum atomic E-state index is -0.677. The third-order valence-electron chi connectivity index (χ3n) is 5.65. The molecule has 0 bridgehead atoms. The molecule has 2 aromatic rings. The van der Waals surface area contributed by atoms with Gasteiger partial charge in [0.15, 0.2) is 0 Å². The molecule has 0 spiro atoms. The van der Waals surface area contributed by atoms with Crippen LogP contribution in [0.4, 0.5) is 0 Å². The number of aliphatic hydroxyl groups is 2. The Morgan fingerprint density at radius 1 is 1.03 bits per heavy atom. The zero-order valence-electron chi connectivity index (χ0n) is 19.6. The first kappa shape index (κ1) is 26.8. The highest BCUT2D eigenvalue weighted by atomic mass is 35.5. The third kappa shape index (κ3) is 7.82. The van der Waals surface area contributed by atoms with Crippen LogP contribution in [-0.4, -0.2) is 53.6 Å². The largest absolute Gasteiger partial charge is 0.494 e. The van der Waals surface area contributed by atoms with E-state index in [0.717, 1.165) is 23.3 Å². The molecule has 33 heavy (non-hydrogen) atoms. The Hall–Kier alpha value is -2.45. The number of hydrogen-bond donors (Lipinski definition) is 4. The quantitative estimate of drug-likeness (QED) is 0.152. The fourth-order valence-electron chi connectivity index (χ4n) is 3.23. The van der Waals surface area contributed by atoms with Gasteiger partial charge < -0.3 is 30.4 Å². The number of nitrogens with two attached hydrogens (primary N) is 2. The molecule has 0 amide bonds. The number of alkyl halides is 1. The number of hydrogen-bond acceptors (Lipinski definition) is 7. The minimum Gasteiger partial charge on any atom is -0.494 e. The average Bonchev–Trinajstić information content (AvgIpc) is 2.84. The summed E-state index contributed by atoms with van der Waals surface area (Å²) in [7, 11) is 0. The van der Waals surface area contributed by atoms with Crippen LogP contribution < -0.4 is 21.1 Å². The van der Waals surface area contributed by atoms with Gasteiger partial charge in [-0.15, -0.1) is 11.6 Å². The molecule has 1 atom stereocenters. The Morgan fingerprint density at radius 3 is 2.03 bits per heavy atom. The second-order valence-corrected chi connectivity index (χ2v) is 8.77. The lowest BCUT2D eigenvalue weighted by Gasteiger charge is -2.26. The summed E-state index contributed by atoms with van der Waals surface area (Å²) < 4.78 is 11.4. The van der Waals surface area contributed by atoms with Crippen LogP contribution in [-0.2, 0) is 5.41 Å². The lowest BCUT2D eigenvalue weighted by molar-refractivity contribution is 0.125. The van der Waals surface area contributed by atoms with E-state index < -0.39 is 6.10 Å². The Balaban J connectivity index is 1.90. The molecule has 8 heteroatoms. The number of nitrogens with zero attached hydrogens (tertiary/aromatic N) is 1. The van der Waals surface area contributed by atoms with E-state index in [2.05, 4.69) is 26.0 Å². The maximum atomic E-state index is 9.53. The van der Waals surface area contributed by atoms with Crippen molar-refractivity contribution in [2.45, 2.75) is 38.7 Å². The molecule has 0 heterocycles. The summed E-state index contributed by atoms with van der Waals surface area (Å²) in [6.45, 7) is 7.16. The molecule has 0 aliphatic carbocycles. The van der Waals surface area contributed by atoms with E-state index in [0.29, 0.717) is 30.3 Å². The van der Waals surface area contributed by atoms with Gasteiger partial charge >= 0.3 is 0 Å². The number of hydrazine groups is 1. The van der Waals surface area contributed by atoms with Gasteiger partial charge in [0.2, 0.25) is 0 Å². The van der Waals surface area contributed by atoms with Crippen molar-refractivity contribution >= 4 is 11.6 Å². The molecule has 2 aromatic carbocycles. The summed E-state index contributed by atoms with van der Waals surface area (Å²) >= 11 is 5.60. The number of allylic oxidation sites excluding steroid dienone is 1. The van der Waals surface area contributed by atoms with E-state index in [1.165, 1.54) is 5.01 Å². The van der Waals surface area contributed by atoms with Crippen LogP contribution >= 0.6 is 11.6 Å². The third-order valence-corrected chi connectivity index (χ3v) is 6.01. The lowest BCUT2D eigenvalue weighted by atomic mass is 9.78. The molecule has 2 rings (SSSR count). The van der Waals surface area contributed by atoms with E-state index in [4.69, 9.17) is 37.8 Å². The van der Waals surface area contributed by atoms with Crippen molar-refractivity contribution in [2.24, 2.45) is 11.6 Å². The Bertz CT molecular complexity index is 886. The SMILES string of the molecule is C/C(=C(/N)CO)N(N)CCCOc1ccc(C(C)(C)c2ccc(OCC(O)CCl)cc2)cc1. The molecule has 7 nitrogen and oxygen atoms in total. The van der Waals surface area contributed by atoms with Gasteiger partial charge in [0, 0.05) is 24.1 Å². The van der Waals surface area contributed by atoms with Gasteiger partial charge in [-0.05, 0) is 42.3 Å². The first-order valence-corrected chi connectivity index (χ1v) is 11.5. The standard InChI is InChI=1S/C25H36ClN3O4/c1-18(24(27)16-30)29(28)13-4-14-32-22-9-5-19(6-10-22)25(2,3)20-7-11-23(12-8-20)33-17-21(31)15-26/h5-12,21,30-31H,4,13-17,27-28H2,1-3H3/b24-18-. The van der Waals surface area contributed by atoms with Crippen molar-refractivity contribution in [1.29, 1.82) is 0 Å². The molecule has 0 saturated heterocycles. The fraction of sp³-hybridized carbons (Fsp3) is 0.440. The van der Waals surface area contributed by atoms with Crippen LogP contribution in [0.25, 0.3) is 0 Å². The second kappa shape index (κ2) is 12.7. The molecular formula is C25H36ClN3O4. The van der Waals surface area contributed by atoms with Crippen LogP contribution in [0, 0.1) is 0 Å². The van der Waals surface area contributed by atoms with Crippen molar-refractivity contribution in [3.63, 3.8) is 0 Å². The maximum Gasteiger partial charge on any atom is 0.119 e. The van der Waals surface area contributed by atoms with Gasteiger partial charge in [-0.25, -0.2) is 5.84 Å². The molecular weight excluding hydrogens is 442 g/mol. The molecule has 0 fully saturated rings. The van der Waals surface area contributed by atoms with E-state index in [-0.39, 0.29) is 24.5 Å². The Morgan fingerprint density at radius 2 is 1.55 bits per heavy atom. The summed E-state index contributed by atoms with van der Waals surface area (Å²) in [4.78, 5) is 0.